The van der Waals surface area contributed by atoms with E-state index in [-0.39, 0.29) is 18.2 Å². The number of ether oxygens (including phenoxy) is 2. The number of carbonyl (C=O) groups is 2. The average Bonchev–Trinajstić information content (AvgIpc) is 3.36. The Labute approximate surface area is 154 Å². The van der Waals surface area contributed by atoms with E-state index in [4.69, 9.17) is 13.9 Å². The molecule has 0 saturated carbocycles. The van der Waals surface area contributed by atoms with Crippen molar-refractivity contribution in [1.29, 1.82) is 0 Å². The predicted molar refractivity (Wildman–Crippen MR) is 97.2 cm³/mol. The number of rotatable bonds is 7. The monoisotopic (exact) mass is 371 g/mol. The summed E-state index contributed by atoms with van der Waals surface area (Å²) >= 11 is 1.31. The minimum atomic E-state index is -0.313. The molecule has 7 heteroatoms. The Hall–Kier alpha value is -3.06. The van der Waals surface area contributed by atoms with Crippen molar-refractivity contribution in [3.63, 3.8) is 0 Å². The van der Waals surface area contributed by atoms with Crippen molar-refractivity contribution in [2.24, 2.45) is 0 Å². The van der Waals surface area contributed by atoms with Crippen molar-refractivity contribution in [1.82, 2.24) is 5.32 Å². The molecule has 0 aliphatic rings. The molecule has 0 aliphatic heterocycles. The smallest absolute Gasteiger partial charge is 0.259 e. The normalized spacial score (nSPS) is 10.4. The van der Waals surface area contributed by atoms with Crippen LogP contribution in [0.1, 0.15) is 30.7 Å². The van der Waals surface area contributed by atoms with Crippen LogP contribution in [0.2, 0.25) is 0 Å². The van der Waals surface area contributed by atoms with Crippen molar-refractivity contribution in [2.75, 3.05) is 14.2 Å². The second kappa shape index (κ2) is 7.88. The number of ketones is 1. The topological polar surface area (TPSA) is 77.8 Å². The van der Waals surface area contributed by atoms with Crippen LogP contribution in [-0.4, -0.2) is 25.9 Å². The molecule has 0 bridgehead atoms. The van der Waals surface area contributed by atoms with Gasteiger partial charge in [-0.15, -0.1) is 11.3 Å². The van der Waals surface area contributed by atoms with Gasteiger partial charge < -0.3 is 19.2 Å². The van der Waals surface area contributed by atoms with Crippen LogP contribution in [0.5, 0.6) is 11.5 Å². The number of hydrogen-bond donors (Lipinski definition) is 1. The van der Waals surface area contributed by atoms with Crippen LogP contribution in [0.15, 0.2) is 53.1 Å². The standard InChI is InChI=1S/C19H17NO5S/c1-23-13-5-3-6-14(24-2)17(13)19(22)20-11-12-8-9-16(26-12)18(21)15-7-4-10-25-15/h3-10H,11H2,1-2H3,(H,20,22). The highest BCUT2D eigenvalue weighted by Gasteiger charge is 2.19. The maximum atomic E-state index is 12.6. The van der Waals surface area contributed by atoms with Crippen LogP contribution >= 0.6 is 11.3 Å². The third-order valence-corrected chi connectivity index (χ3v) is 4.79. The first-order valence-electron chi connectivity index (χ1n) is 7.80. The van der Waals surface area contributed by atoms with Crippen molar-refractivity contribution in [3.05, 3.63) is 69.8 Å². The van der Waals surface area contributed by atoms with Crippen LogP contribution in [-0.2, 0) is 6.54 Å². The third kappa shape index (κ3) is 3.62. The lowest BCUT2D eigenvalue weighted by atomic mass is 10.1. The SMILES string of the molecule is COc1cccc(OC)c1C(=O)NCc1ccc(C(=O)c2ccco2)s1. The number of furan rings is 1. The number of benzene rings is 1. The zero-order valence-corrected chi connectivity index (χ0v) is 15.1. The minimum absolute atomic E-state index is 0.177. The van der Waals surface area contributed by atoms with Gasteiger partial charge in [-0.3, -0.25) is 9.59 Å². The number of nitrogens with one attached hydrogen (secondary N) is 1. The highest BCUT2D eigenvalue weighted by Crippen LogP contribution is 2.28. The summed E-state index contributed by atoms with van der Waals surface area (Å²) < 4.78 is 15.6. The van der Waals surface area contributed by atoms with E-state index in [0.717, 1.165) is 4.88 Å². The molecule has 6 nitrogen and oxygen atoms in total. The largest absolute Gasteiger partial charge is 0.496 e. The number of thiophene rings is 1. The number of hydrogen-bond acceptors (Lipinski definition) is 6. The summed E-state index contributed by atoms with van der Waals surface area (Å²) in [6.45, 7) is 0.288. The lowest BCUT2D eigenvalue weighted by Gasteiger charge is -2.12. The molecule has 0 atom stereocenters. The van der Waals surface area contributed by atoms with Gasteiger partial charge in [0.1, 0.15) is 17.1 Å². The number of carbonyl (C=O) groups excluding carboxylic acids is 2. The maximum Gasteiger partial charge on any atom is 0.259 e. The van der Waals surface area contributed by atoms with E-state index in [9.17, 15) is 9.59 Å². The van der Waals surface area contributed by atoms with Gasteiger partial charge in [0, 0.05) is 4.88 Å². The molecule has 0 spiro atoms. The molecule has 0 unspecified atom stereocenters. The number of amides is 1. The molecule has 1 aromatic carbocycles. The molecule has 2 aromatic heterocycles. The summed E-state index contributed by atoms with van der Waals surface area (Å²) in [6, 6.07) is 12.0. The second-order valence-corrected chi connectivity index (χ2v) is 6.46. The van der Waals surface area contributed by atoms with Gasteiger partial charge >= 0.3 is 0 Å². The van der Waals surface area contributed by atoms with Crippen LogP contribution < -0.4 is 14.8 Å². The van der Waals surface area contributed by atoms with Crippen molar-refractivity contribution in [2.45, 2.75) is 6.54 Å². The van der Waals surface area contributed by atoms with Crippen LogP contribution in [0.3, 0.4) is 0 Å². The summed E-state index contributed by atoms with van der Waals surface area (Å²) in [5.74, 6) is 0.667. The van der Waals surface area contributed by atoms with E-state index in [1.807, 2.05) is 0 Å². The molecule has 0 fully saturated rings. The maximum absolute atomic E-state index is 12.6. The second-order valence-electron chi connectivity index (χ2n) is 5.29. The fourth-order valence-electron chi connectivity index (χ4n) is 2.45. The zero-order valence-electron chi connectivity index (χ0n) is 14.3. The Balaban J connectivity index is 1.70. The molecule has 3 aromatic rings. The molecule has 1 N–H and O–H groups in total. The summed E-state index contributed by atoms with van der Waals surface area (Å²) in [7, 11) is 2.99. The fraction of sp³-hybridized carbons (Fsp3) is 0.158. The first-order valence-corrected chi connectivity index (χ1v) is 8.61. The first kappa shape index (κ1) is 17.8. The van der Waals surface area contributed by atoms with Gasteiger partial charge in [0.25, 0.3) is 5.91 Å². The van der Waals surface area contributed by atoms with Crippen molar-refractivity contribution < 1.29 is 23.5 Å². The van der Waals surface area contributed by atoms with E-state index in [1.54, 1.807) is 42.5 Å². The predicted octanol–water partition coefficient (Wildman–Crippen LogP) is 3.52. The first-order chi connectivity index (χ1) is 12.6. The van der Waals surface area contributed by atoms with E-state index in [0.29, 0.717) is 27.7 Å². The Bertz CT molecular complexity index is 892. The Morgan fingerprint density at radius 3 is 2.38 bits per heavy atom. The molecule has 134 valence electrons. The van der Waals surface area contributed by atoms with E-state index >= 15 is 0 Å². The molecule has 1 amide bonds. The number of methoxy groups -OCH3 is 2. The molecular formula is C19H17NO5S. The zero-order chi connectivity index (χ0) is 18.5. The van der Waals surface area contributed by atoms with E-state index in [2.05, 4.69) is 5.32 Å². The molecule has 2 heterocycles. The minimum Gasteiger partial charge on any atom is -0.496 e. The van der Waals surface area contributed by atoms with Gasteiger partial charge in [-0.05, 0) is 36.4 Å². The van der Waals surface area contributed by atoms with E-state index < -0.39 is 0 Å². The average molecular weight is 371 g/mol. The molecule has 0 aliphatic carbocycles. The highest BCUT2D eigenvalue weighted by molar-refractivity contribution is 7.14. The lowest BCUT2D eigenvalue weighted by Crippen LogP contribution is -2.23. The summed E-state index contributed by atoms with van der Waals surface area (Å²) in [4.78, 5) is 26.2. The van der Waals surface area contributed by atoms with Gasteiger partial charge in [0.15, 0.2) is 5.76 Å². The quantitative estimate of drug-likeness (QED) is 0.643. The molecule has 0 saturated heterocycles. The van der Waals surface area contributed by atoms with Gasteiger partial charge in [0.05, 0.1) is 31.9 Å². The Kier molecular flexibility index (Phi) is 5.38. The van der Waals surface area contributed by atoms with Crippen LogP contribution in [0.4, 0.5) is 0 Å². The summed E-state index contributed by atoms with van der Waals surface area (Å²) in [5, 5.41) is 2.83. The highest BCUT2D eigenvalue weighted by atomic mass is 32.1. The fourth-order valence-corrected chi connectivity index (χ4v) is 3.35. The molecule has 3 rings (SSSR count). The third-order valence-electron chi connectivity index (χ3n) is 3.71. The Morgan fingerprint density at radius 1 is 1.04 bits per heavy atom. The molecule has 26 heavy (non-hydrogen) atoms. The Morgan fingerprint density at radius 2 is 1.77 bits per heavy atom. The van der Waals surface area contributed by atoms with Gasteiger partial charge in [0.2, 0.25) is 5.78 Å². The van der Waals surface area contributed by atoms with Gasteiger partial charge in [-0.1, -0.05) is 6.07 Å². The van der Waals surface area contributed by atoms with Gasteiger partial charge in [-0.2, -0.15) is 0 Å². The van der Waals surface area contributed by atoms with E-state index in [1.165, 1.54) is 31.8 Å². The lowest BCUT2D eigenvalue weighted by molar-refractivity contribution is 0.0944. The summed E-state index contributed by atoms with van der Waals surface area (Å²) in [6.07, 6.45) is 1.46. The summed E-state index contributed by atoms with van der Waals surface area (Å²) in [5.41, 5.74) is 0.334. The van der Waals surface area contributed by atoms with Crippen LogP contribution in [0, 0.1) is 0 Å². The molecule has 0 radical (unpaired) electrons. The molecular weight excluding hydrogens is 354 g/mol. The van der Waals surface area contributed by atoms with Crippen molar-refractivity contribution in [3.8, 4) is 11.5 Å². The van der Waals surface area contributed by atoms with Crippen LogP contribution in [0.25, 0.3) is 0 Å². The van der Waals surface area contributed by atoms with Gasteiger partial charge in [-0.25, -0.2) is 0 Å². The van der Waals surface area contributed by atoms with Crippen molar-refractivity contribution >= 4 is 23.0 Å².